The smallest absolute Gasteiger partial charge is 0.376 e. The molecule has 0 aliphatic rings. The Kier molecular flexibility index (Phi) is 4.92. The molecule has 3 rings (SSSR count). The zero-order valence-corrected chi connectivity index (χ0v) is 14.5. The van der Waals surface area contributed by atoms with Crippen molar-refractivity contribution in [3.05, 3.63) is 46.9 Å². The molecular formula is C18H20N4O3. The van der Waals surface area contributed by atoms with Gasteiger partial charge in [0.1, 0.15) is 11.2 Å². The highest BCUT2D eigenvalue weighted by Crippen LogP contribution is 2.25. The Morgan fingerprint density at radius 1 is 1.20 bits per heavy atom. The fourth-order valence-electron chi connectivity index (χ4n) is 2.46. The molecule has 0 fully saturated rings. The molecule has 1 aromatic carbocycles. The molecule has 25 heavy (non-hydrogen) atoms. The summed E-state index contributed by atoms with van der Waals surface area (Å²) in [4.78, 5) is 20.5. The number of hydrogen-bond acceptors (Lipinski definition) is 7. The summed E-state index contributed by atoms with van der Waals surface area (Å²) in [6.07, 6.45) is 0.675. The highest BCUT2D eigenvalue weighted by molar-refractivity contribution is 5.93. The standard InChI is InChI=1S/C18H20N4O3/c1-4-13-14-15(19-10-12-8-6-11(3)7-9-12)20-16(18(23)24-5-2)21-17(14)25-22-13/h6-9H,4-5,10H2,1-3H3,(H,19,20,21). The van der Waals surface area contributed by atoms with Crippen LogP contribution in [0.5, 0.6) is 0 Å². The van der Waals surface area contributed by atoms with Gasteiger partial charge in [-0.3, -0.25) is 0 Å². The molecule has 2 aromatic heterocycles. The normalized spacial score (nSPS) is 10.8. The molecule has 130 valence electrons. The third kappa shape index (κ3) is 3.60. The van der Waals surface area contributed by atoms with E-state index in [4.69, 9.17) is 9.26 Å². The van der Waals surface area contributed by atoms with Crippen LogP contribution in [0.25, 0.3) is 11.1 Å². The summed E-state index contributed by atoms with van der Waals surface area (Å²) in [5.41, 5.74) is 3.33. The monoisotopic (exact) mass is 340 g/mol. The van der Waals surface area contributed by atoms with Gasteiger partial charge in [0.25, 0.3) is 5.71 Å². The second-order valence-corrected chi connectivity index (χ2v) is 5.62. The van der Waals surface area contributed by atoms with Crippen LogP contribution in [0.4, 0.5) is 5.82 Å². The van der Waals surface area contributed by atoms with Crippen LogP contribution in [0.2, 0.25) is 0 Å². The first-order valence-corrected chi connectivity index (χ1v) is 8.25. The van der Waals surface area contributed by atoms with E-state index in [9.17, 15) is 4.79 Å². The number of carbonyl (C=O) groups is 1. The van der Waals surface area contributed by atoms with Crippen molar-refractivity contribution >= 4 is 22.9 Å². The fraction of sp³-hybridized carbons (Fsp3) is 0.333. The molecule has 7 heteroatoms. The van der Waals surface area contributed by atoms with Gasteiger partial charge in [0.05, 0.1) is 12.3 Å². The van der Waals surface area contributed by atoms with Crippen molar-refractivity contribution in [2.75, 3.05) is 11.9 Å². The van der Waals surface area contributed by atoms with Gasteiger partial charge in [-0.2, -0.15) is 4.98 Å². The van der Waals surface area contributed by atoms with Gasteiger partial charge in [0.2, 0.25) is 5.82 Å². The number of rotatable bonds is 6. The Labute approximate surface area is 145 Å². The van der Waals surface area contributed by atoms with E-state index in [0.29, 0.717) is 24.2 Å². The second kappa shape index (κ2) is 7.29. The molecule has 1 N–H and O–H groups in total. The average Bonchev–Trinajstić information content (AvgIpc) is 3.04. The maximum atomic E-state index is 12.0. The maximum absolute atomic E-state index is 12.0. The predicted octanol–water partition coefficient (Wildman–Crippen LogP) is 3.28. The Bertz CT molecular complexity index is 887. The van der Waals surface area contributed by atoms with E-state index in [-0.39, 0.29) is 18.1 Å². The van der Waals surface area contributed by atoms with Crippen molar-refractivity contribution in [3.8, 4) is 0 Å². The van der Waals surface area contributed by atoms with Gasteiger partial charge in [-0.1, -0.05) is 41.9 Å². The van der Waals surface area contributed by atoms with E-state index in [1.807, 2.05) is 38.1 Å². The summed E-state index contributed by atoms with van der Waals surface area (Å²) in [5.74, 6) is -0.108. The molecule has 0 aliphatic heterocycles. The molecule has 7 nitrogen and oxygen atoms in total. The molecule has 0 atom stereocenters. The molecule has 2 heterocycles. The molecule has 0 saturated heterocycles. The summed E-state index contributed by atoms with van der Waals surface area (Å²) in [6, 6.07) is 8.18. The largest absolute Gasteiger partial charge is 0.460 e. The van der Waals surface area contributed by atoms with Crippen LogP contribution < -0.4 is 5.32 Å². The number of carbonyl (C=O) groups excluding carboxylic acids is 1. The van der Waals surface area contributed by atoms with Crippen LogP contribution in [0.1, 0.15) is 41.3 Å². The number of nitrogens with zero attached hydrogens (tertiary/aromatic N) is 3. The number of ether oxygens (including phenoxy) is 1. The first kappa shape index (κ1) is 16.9. The number of hydrogen-bond donors (Lipinski definition) is 1. The van der Waals surface area contributed by atoms with Gasteiger partial charge in [0.15, 0.2) is 0 Å². The van der Waals surface area contributed by atoms with Crippen molar-refractivity contribution in [2.24, 2.45) is 0 Å². The molecule has 0 amide bonds. The number of aromatic nitrogens is 3. The van der Waals surface area contributed by atoms with Gasteiger partial charge in [-0.25, -0.2) is 9.78 Å². The average molecular weight is 340 g/mol. The molecule has 3 aromatic rings. The van der Waals surface area contributed by atoms with Crippen LogP contribution >= 0.6 is 0 Å². The fourth-order valence-corrected chi connectivity index (χ4v) is 2.46. The van der Waals surface area contributed by atoms with E-state index in [0.717, 1.165) is 11.3 Å². The summed E-state index contributed by atoms with van der Waals surface area (Å²) >= 11 is 0. The third-order valence-corrected chi connectivity index (χ3v) is 3.78. The Balaban J connectivity index is 1.96. The summed E-state index contributed by atoms with van der Waals surface area (Å²) in [5, 5.41) is 7.98. The first-order chi connectivity index (χ1) is 12.1. The van der Waals surface area contributed by atoms with E-state index in [1.54, 1.807) is 6.92 Å². The van der Waals surface area contributed by atoms with Crippen LogP contribution in [0, 0.1) is 6.92 Å². The lowest BCUT2D eigenvalue weighted by Crippen LogP contribution is -2.12. The lowest BCUT2D eigenvalue weighted by molar-refractivity contribution is 0.0512. The lowest BCUT2D eigenvalue weighted by Gasteiger charge is -2.09. The van der Waals surface area contributed by atoms with Crippen molar-refractivity contribution in [1.29, 1.82) is 0 Å². The minimum absolute atomic E-state index is 0.0421. The summed E-state index contributed by atoms with van der Waals surface area (Å²) in [7, 11) is 0. The summed E-state index contributed by atoms with van der Waals surface area (Å²) < 4.78 is 10.3. The number of nitrogens with one attached hydrogen (secondary N) is 1. The van der Waals surface area contributed by atoms with E-state index in [1.165, 1.54) is 5.56 Å². The molecule has 0 saturated carbocycles. The quantitative estimate of drug-likeness (QED) is 0.689. The number of esters is 1. The summed E-state index contributed by atoms with van der Waals surface area (Å²) in [6.45, 7) is 6.56. The van der Waals surface area contributed by atoms with Gasteiger partial charge in [0, 0.05) is 6.54 Å². The van der Waals surface area contributed by atoms with Crippen molar-refractivity contribution in [3.63, 3.8) is 0 Å². The molecule has 0 radical (unpaired) electrons. The zero-order chi connectivity index (χ0) is 17.8. The van der Waals surface area contributed by atoms with E-state index >= 15 is 0 Å². The van der Waals surface area contributed by atoms with Crippen LogP contribution in [-0.4, -0.2) is 27.7 Å². The van der Waals surface area contributed by atoms with Crippen LogP contribution in [0.15, 0.2) is 28.8 Å². The minimum Gasteiger partial charge on any atom is -0.460 e. The Morgan fingerprint density at radius 2 is 1.96 bits per heavy atom. The van der Waals surface area contributed by atoms with Gasteiger partial charge >= 0.3 is 5.97 Å². The van der Waals surface area contributed by atoms with Gasteiger partial charge in [-0.15, -0.1) is 0 Å². The van der Waals surface area contributed by atoms with Gasteiger partial charge in [-0.05, 0) is 25.8 Å². The highest BCUT2D eigenvalue weighted by atomic mass is 16.5. The predicted molar refractivity (Wildman–Crippen MR) is 93.4 cm³/mol. The third-order valence-electron chi connectivity index (χ3n) is 3.78. The Hall–Kier alpha value is -2.96. The maximum Gasteiger partial charge on any atom is 0.376 e. The number of anilines is 1. The first-order valence-electron chi connectivity index (χ1n) is 8.25. The number of benzene rings is 1. The van der Waals surface area contributed by atoms with Crippen molar-refractivity contribution < 1.29 is 14.1 Å². The SMILES string of the molecule is CCOC(=O)c1nc(NCc2ccc(C)cc2)c2c(CC)noc2n1. The zero-order valence-electron chi connectivity index (χ0n) is 14.5. The van der Waals surface area contributed by atoms with Crippen LogP contribution in [0.3, 0.4) is 0 Å². The topological polar surface area (TPSA) is 90.1 Å². The molecular weight excluding hydrogens is 320 g/mol. The van der Waals surface area contributed by atoms with Crippen molar-refractivity contribution in [1.82, 2.24) is 15.1 Å². The second-order valence-electron chi connectivity index (χ2n) is 5.62. The molecule has 0 aliphatic carbocycles. The number of fused-ring (bicyclic) bond motifs is 1. The number of aryl methyl sites for hydroxylation is 2. The highest BCUT2D eigenvalue weighted by Gasteiger charge is 2.20. The Morgan fingerprint density at radius 3 is 2.64 bits per heavy atom. The van der Waals surface area contributed by atoms with E-state index < -0.39 is 5.97 Å². The van der Waals surface area contributed by atoms with Crippen LogP contribution in [-0.2, 0) is 17.7 Å². The molecule has 0 spiro atoms. The lowest BCUT2D eigenvalue weighted by atomic mass is 10.1. The molecule has 0 unspecified atom stereocenters. The van der Waals surface area contributed by atoms with Crippen molar-refractivity contribution in [2.45, 2.75) is 33.7 Å². The van der Waals surface area contributed by atoms with Gasteiger partial charge < -0.3 is 14.6 Å². The van der Waals surface area contributed by atoms with E-state index in [2.05, 4.69) is 20.4 Å². The molecule has 0 bridgehead atoms. The minimum atomic E-state index is -0.586.